The number of alkyl halides is 3. The zero-order valence-electron chi connectivity index (χ0n) is 7.93. The molecule has 0 radical (unpaired) electrons. The van der Waals surface area contributed by atoms with Gasteiger partial charge in [0.25, 0.3) is 9.70 Å². The number of carbonyl (C=O) groups is 1. The Kier molecular flexibility index (Phi) is 5.04. The van der Waals surface area contributed by atoms with Crippen molar-refractivity contribution in [1.29, 1.82) is 0 Å². The monoisotopic (exact) mass is 289 g/mol. The van der Waals surface area contributed by atoms with Gasteiger partial charge in [-0.25, -0.2) is 0 Å². The van der Waals surface area contributed by atoms with E-state index >= 15 is 0 Å². The Morgan fingerprint density at radius 1 is 1.40 bits per heavy atom. The number of hydrogen-bond donors (Lipinski definition) is 0. The highest BCUT2D eigenvalue weighted by Gasteiger charge is 2.37. The predicted octanol–water partition coefficient (Wildman–Crippen LogP) is 3.35. The molecule has 0 unspecified atom stereocenters. The quantitative estimate of drug-likeness (QED) is 0.727. The lowest BCUT2D eigenvalue weighted by Crippen LogP contribution is -2.40. The molecule has 0 bridgehead atoms. The lowest BCUT2D eigenvalue weighted by molar-refractivity contribution is -0.129. The topological polar surface area (TPSA) is 20.3 Å². The molecule has 1 rings (SSSR count). The third kappa shape index (κ3) is 4.81. The molecule has 0 aromatic heterocycles. The van der Waals surface area contributed by atoms with Crippen LogP contribution in [0.15, 0.2) is 11.6 Å². The molecule has 1 aliphatic rings. The van der Waals surface area contributed by atoms with E-state index in [1.165, 1.54) is 10.4 Å². The van der Waals surface area contributed by atoms with Crippen LogP contribution in [0.4, 0.5) is 0 Å². The van der Waals surface area contributed by atoms with Gasteiger partial charge in [-0.3, -0.25) is 4.79 Å². The minimum absolute atomic E-state index is 0.382. The predicted molar refractivity (Wildman–Crippen MR) is 64.6 cm³/mol. The van der Waals surface area contributed by atoms with Crippen molar-refractivity contribution >= 4 is 52.3 Å². The van der Waals surface area contributed by atoms with E-state index in [4.69, 9.17) is 46.4 Å². The third-order valence-electron chi connectivity index (χ3n) is 2.12. The van der Waals surface area contributed by atoms with E-state index in [1.807, 2.05) is 0 Å². The number of halogens is 4. The molecule has 0 saturated heterocycles. The van der Waals surface area contributed by atoms with Crippen molar-refractivity contribution in [1.82, 2.24) is 4.90 Å². The minimum Gasteiger partial charge on any atom is -0.335 e. The average Bonchev–Trinajstić information content (AvgIpc) is 2.93. The van der Waals surface area contributed by atoms with E-state index in [0.717, 1.165) is 12.8 Å². The van der Waals surface area contributed by atoms with Crippen LogP contribution in [-0.2, 0) is 4.79 Å². The standard InChI is InChI=1S/C9H11Cl4NO/c10-4-1-5-14(6-7-2-3-7)8(15)9(11,12)13/h1,4,7H,2-3,5-6H2. The van der Waals surface area contributed by atoms with Gasteiger partial charge in [0.15, 0.2) is 0 Å². The first-order valence-corrected chi connectivity index (χ1v) is 6.13. The molecule has 2 nitrogen and oxygen atoms in total. The second-order valence-electron chi connectivity index (χ2n) is 3.51. The summed E-state index contributed by atoms with van der Waals surface area (Å²) < 4.78 is -1.88. The van der Waals surface area contributed by atoms with Crippen LogP contribution in [0, 0.1) is 5.92 Å². The first-order valence-electron chi connectivity index (χ1n) is 4.56. The summed E-state index contributed by atoms with van der Waals surface area (Å²) >= 11 is 22.0. The summed E-state index contributed by atoms with van der Waals surface area (Å²) in [5.74, 6) is 0.0548. The van der Waals surface area contributed by atoms with Crippen molar-refractivity contribution in [3.63, 3.8) is 0 Å². The number of rotatable bonds is 4. The molecule has 86 valence electrons. The van der Waals surface area contributed by atoms with Gasteiger partial charge in [0.1, 0.15) is 0 Å². The van der Waals surface area contributed by atoms with E-state index in [2.05, 4.69) is 0 Å². The largest absolute Gasteiger partial charge is 0.335 e. The Hall–Kier alpha value is 0.370. The second kappa shape index (κ2) is 5.62. The summed E-state index contributed by atoms with van der Waals surface area (Å²) in [5.41, 5.74) is 1.35. The van der Waals surface area contributed by atoms with Gasteiger partial charge in [0.05, 0.1) is 0 Å². The zero-order chi connectivity index (χ0) is 11.5. The highest BCUT2D eigenvalue weighted by molar-refractivity contribution is 6.76. The Bertz CT molecular complexity index is 257. The molecule has 1 amide bonds. The van der Waals surface area contributed by atoms with Crippen LogP contribution in [0.5, 0.6) is 0 Å². The van der Waals surface area contributed by atoms with Gasteiger partial charge >= 0.3 is 0 Å². The Morgan fingerprint density at radius 3 is 2.40 bits per heavy atom. The van der Waals surface area contributed by atoms with Gasteiger partial charge in [-0.05, 0) is 18.8 Å². The highest BCUT2D eigenvalue weighted by atomic mass is 35.6. The van der Waals surface area contributed by atoms with Crippen molar-refractivity contribution in [3.05, 3.63) is 11.6 Å². The summed E-state index contributed by atoms with van der Waals surface area (Å²) in [6.45, 7) is 1.01. The molecule has 0 aliphatic heterocycles. The minimum atomic E-state index is -1.88. The SMILES string of the molecule is O=C(N(CC=CCl)CC1CC1)C(Cl)(Cl)Cl. The normalized spacial score (nSPS) is 17.1. The third-order valence-corrected chi connectivity index (χ3v) is 2.78. The van der Waals surface area contributed by atoms with Gasteiger partial charge in [0, 0.05) is 18.6 Å². The van der Waals surface area contributed by atoms with E-state index in [1.54, 1.807) is 6.08 Å². The number of nitrogens with zero attached hydrogens (tertiary/aromatic N) is 1. The molecule has 0 heterocycles. The average molecular weight is 291 g/mol. The molecule has 1 saturated carbocycles. The van der Waals surface area contributed by atoms with Gasteiger partial charge in [0.2, 0.25) is 0 Å². The van der Waals surface area contributed by atoms with Crippen LogP contribution in [0.2, 0.25) is 0 Å². The molecule has 0 spiro atoms. The fraction of sp³-hybridized carbons (Fsp3) is 0.667. The van der Waals surface area contributed by atoms with Crippen molar-refractivity contribution in [2.75, 3.05) is 13.1 Å². The Labute approximate surface area is 109 Å². The number of amides is 1. The highest BCUT2D eigenvalue weighted by Crippen LogP contribution is 2.33. The van der Waals surface area contributed by atoms with Crippen molar-refractivity contribution in [2.24, 2.45) is 5.92 Å². The van der Waals surface area contributed by atoms with E-state index in [-0.39, 0.29) is 0 Å². The first-order chi connectivity index (χ1) is 6.95. The molecule has 0 aromatic carbocycles. The lowest BCUT2D eigenvalue weighted by Gasteiger charge is -2.24. The Morgan fingerprint density at radius 2 is 2.00 bits per heavy atom. The maximum Gasteiger partial charge on any atom is 0.275 e. The van der Waals surface area contributed by atoms with Gasteiger partial charge < -0.3 is 4.90 Å². The zero-order valence-corrected chi connectivity index (χ0v) is 11.0. The molecule has 1 aliphatic carbocycles. The summed E-state index contributed by atoms with van der Waals surface area (Å²) in [6, 6.07) is 0. The van der Waals surface area contributed by atoms with Crippen molar-refractivity contribution in [2.45, 2.75) is 16.6 Å². The maximum atomic E-state index is 11.7. The molecule has 6 heteroatoms. The molecule has 15 heavy (non-hydrogen) atoms. The van der Waals surface area contributed by atoms with Crippen LogP contribution >= 0.6 is 46.4 Å². The molecule has 0 aromatic rings. The van der Waals surface area contributed by atoms with Crippen LogP contribution in [0.3, 0.4) is 0 Å². The molecule has 0 N–H and O–H groups in total. The van der Waals surface area contributed by atoms with E-state index in [9.17, 15) is 4.79 Å². The lowest BCUT2D eigenvalue weighted by atomic mass is 10.3. The van der Waals surface area contributed by atoms with Crippen LogP contribution < -0.4 is 0 Å². The van der Waals surface area contributed by atoms with Crippen molar-refractivity contribution in [3.8, 4) is 0 Å². The summed E-state index contributed by atoms with van der Waals surface area (Å²) in [5, 5.41) is 0. The summed E-state index contributed by atoms with van der Waals surface area (Å²) in [7, 11) is 0. The summed E-state index contributed by atoms with van der Waals surface area (Å²) in [6.07, 6.45) is 3.92. The molecule has 0 atom stereocenters. The smallest absolute Gasteiger partial charge is 0.275 e. The van der Waals surface area contributed by atoms with Crippen molar-refractivity contribution < 1.29 is 4.79 Å². The van der Waals surface area contributed by atoms with Crippen LogP contribution in [0.1, 0.15) is 12.8 Å². The maximum absolute atomic E-state index is 11.7. The summed E-state index contributed by atoms with van der Waals surface area (Å²) in [4.78, 5) is 13.2. The molecular weight excluding hydrogens is 280 g/mol. The first kappa shape index (κ1) is 13.4. The van der Waals surface area contributed by atoms with Crippen LogP contribution in [-0.4, -0.2) is 27.7 Å². The van der Waals surface area contributed by atoms with Crippen LogP contribution in [0.25, 0.3) is 0 Å². The van der Waals surface area contributed by atoms with E-state index < -0.39 is 9.70 Å². The van der Waals surface area contributed by atoms with Gasteiger partial charge in [-0.1, -0.05) is 52.5 Å². The Balaban J connectivity index is 2.56. The van der Waals surface area contributed by atoms with E-state index in [0.29, 0.717) is 19.0 Å². The number of carbonyl (C=O) groups excluding carboxylic acids is 1. The molecule has 1 fully saturated rings. The fourth-order valence-electron chi connectivity index (χ4n) is 1.20. The fourth-order valence-corrected chi connectivity index (χ4v) is 1.64. The molecular formula is C9H11Cl4NO. The number of hydrogen-bond acceptors (Lipinski definition) is 1. The van der Waals surface area contributed by atoms with Gasteiger partial charge in [-0.15, -0.1) is 0 Å². The second-order valence-corrected chi connectivity index (χ2v) is 6.05. The van der Waals surface area contributed by atoms with Gasteiger partial charge in [-0.2, -0.15) is 0 Å².